The van der Waals surface area contributed by atoms with Crippen LogP contribution in [0.2, 0.25) is 0 Å². The van der Waals surface area contributed by atoms with Gasteiger partial charge in [0, 0.05) is 0 Å². The third-order valence-corrected chi connectivity index (χ3v) is 1.65. The number of ether oxygens (including phenoxy) is 2. The minimum atomic E-state index is -1.09. The van der Waals surface area contributed by atoms with Crippen molar-refractivity contribution in [2.24, 2.45) is 0 Å². The Morgan fingerprint density at radius 1 is 0.765 bits per heavy atom. The van der Waals surface area contributed by atoms with Gasteiger partial charge in [0.25, 0.3) is 0 Å². The monoisotopic (exact) mass is 244 g/mol. The van der Waals surface area contributed by atoms with Crippen molar-refractivity contribution in [3.63, 3.8) is 0 Å². The predicted octanol–water partition coefficient (Wildman–Crippen LogP) is 0.421. The van der Waals surface area contributed by atoms with Gasteiger partial charge in [-0.25, -0.2) is 9.59 Å². The maximum atomic E-state index is 11.1. The molecule has 0 aliphatic rings. The smallest absolute Gasteiger partial charge is 0.375 e. The second-order valence-corrected chi connectivity index (χ2v) is 3.29. The third kappa shape index (κ3) is 6.44. The van der Waals surface area contributed by atoms with E-state index in [1.165, 1.54) is 0 Å². The summed E-state index contributed by atoms with van der Waals surface area (Å²) in [6.45, 7) is 3.76. The molecule has 0 saturated carbocycles. The van der Waals surface area contributed by atoms with Gasteiger partial charge in [-0.15, -0.1) is 0 Å². The van der Waals surface area contributed by atoms with Crippen molar-refractivity contribution in [2.75, 3.05) is 13.2 Å². The van der Waals surface area contributed by atoms with Gasteiger partial charge < -0.3 is 9.47 Å². The quantitative estimate of drug-likeness (QED) is 0.349. The molecule has 0 heterocycles. The lowest BCUT2D eigenvalue weighted by Crippen LogP contribution is -2.26. The highest BCUT2D eigenvalue weighted by Crippen LogP contribution is 1.94. The molecule has 0 aliphatic carbocycles. The fourth-order valence-corrected chi connectivity index (χ4v) is 0.841. The molecule has 0 spiro atoms. The topological polar surface area (TPSA) is 86.7 Å². The highest BCUT2D eigenvalue weighted by molar-refractivity contribution is 6.45. The Hall–Kier alpha value is -1.72. The van der Waals surface area contributed by atoms with Crippen molar-refractivity contribution in [1.82, 2.24) is 0 Å². The van der Waals surface area contributed by atoms with Crippen molar-refractivity contribution >= 4 is 23.5 Å². The normalized spacial score (nSPS) is 9.53. The Bertz CT molecular complexity index is 277. The number of esters is 2. The maximum Gasteiger partial charge on any atom is 0.375 e. The molecule has 0 unspecified atom stereocenters. The standard InChI is InChI=1S/C11H16O6/c1-3-5-16-10(14)8(12)7-9(13)11(15)17-6-4-2/h3-7H2,1-2H3. The van der Waals surface area contributed by atoms with Crippen molar-refractivity contribution in [3.05, 3.63) is 0 Å². The zero-order valence-corrected chi connectivity index (χ0v) is 9.99. The summed E-state index contributed by atoms with van der Waals surface area (Å²) in [7, 11) is 0. The Morgan fingerprint density at radius 2 is 1.12 bits per heavy atom. The summed E-state index contributed by atoms with van der Waals surface area (Å²) in [5.74, 6) is -4.25. The Morgan fingerprint density at radius 3 is 1.41 bits per heavy atom. The first-order valence-corrected chi connectivity index (χ1v) is 5.42. The van der Waals surface area contributed by atoms with E-state index in [2.05, 4.69) is 9.47 Å². The molecule has 17 heavy (non-hydrogen) atoms. The van der Waals surface area contributed by atoms with Gasteiger partial charge in [-0.3, -0.25) is 9.59 Å². The number of hydrogen-bond acceptors (Lipinski definition) is 6. The minimum absolute atomic E-state index is 0.110. The van der Waals surface area contributed by atoms with E-state index in [-0.39, 0.29) is 13.2 Å². The molecule has 0 fully saturated rings. The predicted molar refractivity (Wildman–Crippen MR) is 57.1 cm³/mol. The Labute approximate surface area is 99.3 Å². The summed E-state index contributed by atoms with van der Waals surface area (Å²) in [5, 5.41) is 0. The molecule has 6 nitrogen and oxygen atoms in total. The van der Waals surface area contributed by atoms with Crippen LogP contribution < -0.4 is 0 Å². The summed E-state index contributed by atoms with van der Waals surface area (Å²) in [4.78, 5) is 44.3. The average molecular weight is 244 g/mol. The first-order valence-electron chi connectivity index (χ1n) is 5.42. The number of rotatable bonds is 8. The summed E-state index contributed by atoms with van der Waals surface area (Å²) in [5.41, 5.74) is 0. The summed E-state index contributed by atoms with van der Waals surface area (Å²) >= 11 is 0. The van der Waals surface area contributed by atoms with Gasteiger partial charge in [-0.1, -0.05) is 13.8 Å². The molecule has 0 aromatic carbocycles. The first-order chi connectivity index (χ1) is 8.02. The molecule has 0 aromatic heterocycles. The third-order valence-electron chi connectivity index (χ3n) is 1.65. The summed E-state index contributed by atoms with van der Waals surface area (Å²) in [6.07, 6.45) is 0.349. The molecule has 0 radical (unpaired) electrons. The van der Waals surface area contributed by atoms with Gasteiger partial charge in [0.2, 0.25) is 11.6 Å². The lowest BCUT2D eigenvalue weighted by molar-refractivity contribution is -0.158. The van der Waals surface area contributed by atoms with Gasteiger partial charge in [0.05, 0.1) is 19.6 Å². The minimum Gasteiger partial charge on any atom is -0.460 e. The van der Waals surface area contributed by atoms with Crippen molar-refractivity contribution in [3.8, 4) is 0 Å². The van der Waals surface area contributed by atoms with Crippen LogP contribution in [0.15, 0.2) is 0 Å². The molecule has 0 rings (SSSR count). The first kappa shape index (κ1) is 15.3. The summed E-state index contributed by atoms with van der Waals surface area (Å²) < 4.78 is 9.04. The molecule has 0 aliphatic heterocycles. The largest absolute Gasteiger partial charge is 0.460 e. The fourth-order valence-electron chi connectivity index (χ4n) is 0.841. The van der Waals surface area contributed by atoms with Crippen LogP contribution >= 0.6 is 0 Å². The van der Waals surface area contributed by atoms with Gasteiger partial charge in [0.1, 0.15) is 0 Å². The van der Waals surface area contributed by atoms with E-state index in [0.29, 0.717) is 12.8 Å². The SMILES string of the molecule is CCCOC(=O)C(=O)CC(=O)C(=O)OCCC. The van der Waals surface area contributed by atoms with E-state index in [4.69, 9.17) is 0 Å². The van der Waals surface area contributed by atoms with E-state index < -0.39 is 29.9 Å². The lowest BCUT2D eigenvalue weighted by Gasteiger charge is -2.02. The zero-order chi connectivity index (χ0) is 13.3. The average Bonchev–Trinajstić information content (AvgIpc) is 2.32. The molecule has 0 N–H and O–H groups in total. The number of hydrogen-bond donors (Lipinski definition) is 0. The van der Waals surface area contributed by atoms with Crippen LogP contribution in [0.5, 0.6) is 0 Å². The number of carbonyl (C=O) groups is 4. The molecule has 0 bridgehead atoms. The van der Waals surface area contributed by atoms with E-state index in [0.717, 1.165) is 0 Å². The molecule has 0 aromatic rings. The van der Waals surface area contributed by atoms with Crippen LogP contribution in [-0.4, -0.2) is 36.7 Å². The van der Waals surface area contributed by atoms with Crippen molar-refractivity contribution in [2.45, 2.75) is 33.1 Å². The van der Waals surface area contributed by atoms with Crippen LogP contribution in [0.25, 0.3) is 0 Å². The Balaban J connectivity index is 4.06. The molecule has 0 saturated heterocycles. The van der Waals surface area contributed by atoms with E-state index in [9.17, 15) is 19.2 Å². The second-order valence-electron chi connectivity index (χ2n) is 3.29. The van der Waals surface area contributed by atoms with Gasteiger partial charge in [-0.2, -0.15) is 0 Å². The van der Waals surface area contributed by atoms with Crippen LogP contribution in [0.3, 0.4) is 0 Å². The molecular weight excluding hydrogens is 228 g/mol. The fraction of sp³-hybridized carbons (Fsp3) is 0.636. The van der Waals surface area contributed by atoms with Gasteiger partial charge in [0.15, 0.2) is 0 Å². The van der Waals surface area contributed by atoms with Crippen LogP contribution in [-0.2, 0) is 28.7 Å². The van der Waals surface area contributed by atoms with Crippen LogP contribution in [0.4, 0.5) is 0 Å². The molecular formula is C11H16O6. The Kier molecular flexibility index (Phi) is 7.58. The molecule has 96 valence electrons. The van der Waals surface area contributed by atoms with E-state index in [1.54, 1.807) is 13.8 Å². The van der Waals surface area contributed by atoms with E-state index in [1.807, 2.05) is 0 Å². The zero-order valence-electron chi connectivity index (χ0n) is 9.99. The lowest BCUT2D eigenvalue weighted by atomic mass is 10.2. The maximum absolute atomic E-state index is 11.1. The number of Topliss-reactive ketones (excluding diaryl/α,β-unsaturated/α-hetero) is 2. The highest BCUT2D eigenvalue weighted by Gasteiger charge is 2.24. The van der Waals surface area contributed by atoms with Gasteiger partial charge in [-0.05, 0) is 12.8 Å². The second kappa shape index (κ2) is 8.43. The number of ketones is 2. The summed E-state index contributed by atoms with van der Waals surface area (Å²) in [6, 6.07) is 0. The molecule has 0 amide bonds. The highest BCUT2D eigenvalue weighted by atomic mass is 16.5. The van der Waals surface area contributed by atoms with Crippen molar-refractivity contribution in [1.29, 1.82) is 0 Å². The van der Waals surface area contributed by atoms with Crippen molar-refractivity contribution < 1.29 is 28.7 Å². The molecule has 0 atom stereocenters. The molecule has 6 heteroatoms. The number of carbonyl (C=O) groups excluding carboxylic acids is 4. The van der Waals surface area contributed by atoms with Crippen LogP contribution in [0, 0.1) is 0 Å². The van der Waals surface area contributed by atoms with Gasteiger partial charge >= 0.3 is 11.9 Å². The van der Waals surface area contributed by atoms with Crippen LogP contribution in [0.1, 0.15) is 33.1 Å². The van der Waals surface area contributed by atoms with E-state index >= 15 is 0 Å².